The molecule has 0 saturated carbocycles. The van der Waals surface area contributed by atoms with Crippen molar-refractivity contribution < 1.29 is 4.79 Å². The predicted octanol–water partition coefficient (Wildman–Crippen LogP) is 4.47. The summed E-state index contributed by atoms with van der Waals surface area (Å²) in [7, 11) is 0. The van der Waals surface area contributed by atoms with Crippen molar-refractivity contribution in [2.24, 2.45) is 5.10 Å². The minimum atomic E-state index is -0.209. The van der Waals surface area contributed by atoms with Gasteiger partial charge in [-0.15, -0.1) is 0 Å². The number of hydrogen-bond donors (Lipinski definition) is 1. The van der Waals surface area contributed by atoms with E-state index < -0.39 is 0 Å². The zero-order valence-corrected chi connectivity index (χ0v) is 14.0. The van der Waals surface area contributed by atoms with Gasteiger partial charge in [0.25, 0.3) is 0 Å². The van der Waals surface area contributed by atoms with Crippen molar-refractivity contribution >= 4 is 23.2 Å². The number of hydrogen-bond acceptors (Lipinski definition) is 2. The Bertz CT molecular complexity index is 733. The van der Waals surface area contributed by atoms with Crippen molar-refractivity contribution in [1.82, 2.24) is 5.43 Å². The van der Waals surface area contributed by atoms with Gasteiger partial charge in [0, 0.05) is 11.4 Å². The smallest absolute Gasteiger partial charge is 0.248 e. The van der Waals surface area contributed by atoms with E-state index in [0.29, 0.717) is 17.4 Å². The number of halogens is 1. The van der Waals surface area contributed by atoms with Gasteiger partial charge in [-0.2, -0.15) is 5.10 Å². The van der Waals surface area contributed by atoms with Gasteiger partial charge in [0.15, 0.2) is 0 Å². The molecule has 0 bridgehead atoms. The first-order valence-corrected chi connectivity index (χ1v) is 8.14. The molecule has 118 valence electrons. The molecule has 23 heavy (non-hydrogen) atoms. The van der Waals surface area contributed by atoms with Gasteiger partial charge < -0.3 is 0 Å². The Labute approximate surface area is 141 Å². The summed E-state index contributed by atoms with van der Waals surface area (Å²) in [6.45, 7) is 4.32. The van der Waals surface area contributed by atoms with Gasteiger partial charge in [0.2, 0.25) is 5.91 Å². The lowest BCUT2D eigenvalue weighted by Crippen LogP contribution is -2.33. The van der Waals surface area contributed by atoms with Crippen LogP contribution in [0.3, 0.4) is 0 Å². The third kappa shape index (κ3) is 3.45. The van der Waals surface area contributed by atoms with Crippen LogP contribution in [0.25, 0.3) is 0 Å². The van der Waals surface area contributed by atoms with E-state index in [1.54, 1.807) is 0 Å². The van der Waals surface area contributed by atoms with Crippen LogP contribution >= 0.6 is 11.6 Å². The zero-order chi connectivity index (χ0) is 16.4. The fourth-order valence-corrected chi connectivity index (χ4v) is 2.87. The largest absolute Gasteiger partial charge is 0.272 e. The van der Waals surface area contributed by atoms with Crippen LogP contribution in [-0.4, -0.2) is 11.6 Å². The van der Waals surface area contributed by atoms with Crippen molar-refractivity contribution in [3.63, 3.8) is 0 Å². The average molecular weight is 327 g/mol. The summed E-state index contributed by atoms with van der Waals surface area (Å²) in [5, 5.41) is 4.90. The molecule has 0 aliphatic carbocycles. The van der Waals surface area contributed by atoms with E-state index in [4.69, 9.17) is 11.6 Å². The molecule has 2 aromatic rings. The standard InChI is InChI=1S/C19H19ClN2O/c1-12(2)13-3-5-14(6-4-13)17-11-18(21-22-19(17)23)15-7-9-16(20)10-8-15/h3-10,12,17H,11H2,1-2H3,(H,22,23)/t17-/m0/s1. The minimum Gasteiger partial charge on any atom is -0.272 e. The van der Waals surface area contributed by atoms with Crippen molar-refractivity contribution in [2.45, 2.75) is 32.1 Å². The number of nitrogens with one attached hydrogen (secondary N) is 1. The lowest BCUT2D eigenvalue weighted by molar-refractivity contribution is -0.122. The molecular formula is C19H19ClN2O. The normalized spacial score (nSPS) is 17.8. The monoisotopic (exact) mass is 326 g/mol. The highest BCUT2D eigenvalue weighted by Gasteiger charge is 2.27. The highest BCUT2D eigenvalue weighted by molar-refractivity contribution is 6.30. The van der Waals surface area contributed by atoms with Gasteiger partial charge in [-0.3, -0.25) is 4.79 Å². The van der Waals surface area contributed by atoms with Gasteiger partial charge in [-0.05, 0) is 34.7 Å². The fourth-order valence-electron chi connectivity index (χ4n) is 2.74. The highest BCUT2D eigenvalue weighted by Crippen LogP contribution is 2.27. The zero-order valence-electron chi connectivity index (χ0n) is 13.2. The number of carbonyl (C=O) groups is 1. The number of carbonyl (C=O) groups excluding carboxylic acids is 1. The van der Waals surface area contributed by atoms with Crippen molar-refractivity contribution in [1.29, 1.82) is 0 Å². The highest BCUT2D eigenvalue weighted by atomic mass is 35.5. The van der Waals surface area contributed by atoms with Gasteiger partial charge in [-0.1, -0.05) is 61.8 Å². The Hall–Kier alpha value is -2.13. The predicted molar refractivity (Wildman–Crippen MR) is 94.0 cm³/mol. The lowest BCUT2D eigenvalue weighted by atomic mass is 9.88. The molecule has 1 heterocycles. The van der Waals surface area contributed by atoms with Crippen molar-refractivity contribution in [2.75, 3.05) is 0 Å². The molecule has 2 aromatic carbocycles. The van der Waals surface area contributed by atoms with Gasteiger partial charge >= 0.3 is 0 Å². The molecule has 3 nitrogen and oxygen atoms in total. The molecule has 1 amide bonds. The molecule has 1 N–H and O–H groups in total. The Kier molecular flexibility index (Phi) is 4.49. The van der Waals surface area contributed by atoms with E-state index in [-0.39, 0.29) is 11.8 Å². The molecule has 1 aliphatic rings. The Balaban J connectivity index is 1.84. The van der Waals surface area contributed by atoms with Gasteiger partial charge in [-0.25, -0.2) is 5.43 Å². The molecule has 0 unspecified atom stereocenters. The Morgan fingerprint density at radius 1 is 1.09 bits per heavy atom. The number of hydrazone groups is 1. The first kappa shape index (κ1) is 15.8. The molecular weight excluding hydrogens is 308 g/mol. The summed E-state index contributed by atoms with van der Waals surface area (Å²) >= 11 is 5.93. The number of amides is 1. The Morgan fingerprint density at radius 2 is 1.74 bits per heavy atom. The summed E-state index contributed by atoms with van der Waals surface area (Å²) < 4.78 is 0. The van der Waals surface area contributed by atoms with Crippen LogP contribution in [0, 0.1) is 0 Å². The van der Waals surface area contributed by atoms with Crippen LogP contribution in [0.15, 0.2) is 53.6 Å². The molecule has 0 spiro atoms. The van der Waals surface area contributed by atoms with Crippen LogP contribution in [0.1, 0.15) is 48.8 Å². The number of benzene rings is 2. The minimum absolute atomic E-state index is 0.0555. The lowest BCUT2D eigenvalue weighted by Gasteiger charge is -2.22. The molecule has 0 fully saturated rings. The summed E-state index contributed by atoms with van der Waals surface area (Å²) in [4.78, 5) is 12.2. The maximum atomic E-state index is 12.2. The molecule has 1 aliphatic heterocycles. The van der Waals surface area contributed by atoms with Crippen LogP contribution in [0.5, 0.6) is 0 Å². The van der Waals surface area contributed by atoms with E-state index in [9.17, 15) is 4.79 Å². The van der Waals surface area contributed by atoms with Crippen molar-refractivity contribution in [3.8, 4) is 0 Å². The van der Waals surface area contributed by atoms with Crippen LogP contribution < -0.4 is 5.43 Å². The van der Waals surface area contributed by atoms with E-state index in [1.807, 2.05) is 36.4 Å². The van der Waals surface area contributed by atoms with Crippen LogP contribution in [0.2, 0.25) is 5.02 Å². The maximum Gasteiger partial charge on any atom is 0.248 e. The first-order chi connectivity index (χ1) is 11.0. The van der Waals surface area contributed by atoms with E-state index in [1.165, 1.54) is 5.56 Å². The van der Waals surface area contributed by atoms with Crippen LogP contribution in [-0.2, 0) is 4.79 Å². The van der Waals surface area contributed by atoms with Gasteiger partial charge in [0.1, 0.15) is 0 Å². The molecule has 0 radical (unpaired) electrons. The second-order valence-electron chi connectivity index (χ2n) is 6.12. The third-order valence-corrected chi connectivity index (χ3v) is 4.45. The first-order valence-electron chi connectivity index (χ1n) is 7.77. The maximum absolute atomic E-state index is 12.2. The van der Waals surface area contributed by atoms with E-state index in [2.05, 4.69) is 36.5 Å². The topological polar surface area (TPSA) is 41.5 Å². The summed E-state index contributed by atoms with van der Waals surface area (Å²) in [6, 6.07) is 15.8. The summed E-state index contributed by atoms with van der Waals surface area (Å²) in [6.07, 6.45) is 0.592. The molecule has 0 aromatic heterocycles. The van der Waals surface area contributed by atoms with Crippen LogP contribution in [0.4, 0.5) is 0 Å². The molecule has 0 saturated heterocycles. The average Bonchev–Trinajstić information content (AvgIpc) is 2.56. The van der Waals surface area contributed by atoms with Gasteiger partial charge in [0.05, 0.1) is 11.6 Å². The summed E-state index contributed by atoms with van der Waals surface area (Å²) in [5.74, 6) is 0.217. The number of nitrogens with zero attached hydrogens (tertiary/aromatic N) is 1. The molecule has 3 rings (SSSR count). The number of rotatable bonds is 3. The fraction of sp³-hybridized carbons (Fsp3) is 0.263. The van der Waals surface area contributed by atoms with Crippen molar-refractivity contribution in [3.05, 3.63) is 70.2 Å². The molecule has 4 heteroatoms. The second-order valence-corrected chi connectivity index (χ2v) is 6.56. The van der Waals surface area contributed by atoms with E-state index in [0.717, 1.165) is 16.8 Å². The second kappa shape index (κ2) is 6.55. The third-order valence-electron chi connectivity index (χ3n) is 4.20. The van der Waals surface area contributed by atoms with E-state index >= 15 is 0 Å². The molecule has 1 atom stereocenters. The quantitative estimate of drug-likeness (QED) is 0.888. The Morgan fingerprint density at radius 3 is 2.35 bits per heavy atom. The summed E-state index contributed by atoms with van der Waals surface area (Å²) in [5.41, 5.74) is 6.80. The SMILES string of the molecule is CC(C)c1ccc([C@@H]2CC(c3ccc(Cl)cc3)=NNC2=O)cc1.